The fourth-order valence-corrected chi connectivity index (χ4v) is 4.47. The van der Waals surface area contributed by atoms with E-state index in [1.165, 1.54) is 10.4 Å². The van der Waals surface area contributed by atoms with Crippen molar-refractivity contribution in [3.05, 3.63) is 52.5 Å². The van der Waals surface area contributed by atoms with Gasteiger partial charge in [-0.25, -0.2) is 8.42 Å². The van der Waals surface area contributed by atoms with Crippen molar-refractivity contribution < 1.29 is 17.9 Å². The van der Waals surface area contributed by atoms with Gasteiger partial charge in [0.15, 0.2) is 6.61 Å². The summed E-state index contributed by atoms with van der Waals surface area (Å²) in [4.78, 5) is 12.5. The summed E-state index contributed by atoms with van der Waals surface area (Å²) >= 11 is 6.01. The molecule has 2 rings (SSSR count). The molecule has 0 unspecified atom stereocenters. The van der Waals surface area contributed by atoms with Crippen molar-refractivity contribution in [3.63, 3.8) is 0 Å². The van der Waals surface area contributed by atoms with E-state index >= 15 is 0 Å². The number of nitrogens with one attached hydrogen (secondary N) is 1. The van der Waals surface area contributed by atoms with Crippen LogP contribution in [0.4, 0.5) is 5.69 Å². The zero-order valence-electron chi connectivity index (χ0n) is 16.5. The third-order valence-corrected chi connectivity index (χ3v) is 6.79. The molecule has 152 valence electrons. The topological polar surface area (TPSA) is 75.7 Å². The molecular weight excluding hydrogens is 400 g/mol. The molecular formula is C20H25ClN2O4S. The van der Waals surface area contributed by atoms with Crippen molar-refractivity contribution in [2.45, 2.75) is 32.6 Å². The van der Waals surface area contributed by atoms with Crippen molar-refractivity contribution in [2.75, 3.05) is 25.0 Å². The summed E-state index contributed by atoms with van der Waals surface area (Å²) in [5.74, 6) is 0.00453. The van der Waals surface area contributed by atoms with Gasteiger partial charge in [-0.3, -0.25) is 4.79 Å². The number of aryl methyl sites for hydroxylation is 1. The maximum absolute atomic E-state index is 12.8. The van der Waals surface area contributed by atoms with Crippen LogP contribution < -0.4 is 10.1 Å². The molecule has 0 radical (unpaired) electrons. The van der Waals surface area contributed by atoms with E-state index in [0.717, 1.165) is 11.1 Å². The highest BCUT2D eigenvalue weighted by atomic mass is 35.5. The van der Waals surface area contributed by atoms with Crippen LogP contribution in [0.5, 0.6) is 5.75 Å². The van der Waals surface area contributed by atoms with E-state index < -0.39 is 15.9 Å². The van der Waals surface area contributed by atoms with Crippen molar-refractivity contribution in [1.82, 2.24) is 4.31 Å². The number of nitrogens with zero attached hydrogens (tertiary/aromatic N) is 1. The van der Waals surface area contributed by atoms with Crippen LogP contribution in [0.25, 0.3) is 0 Å². The van der Waals surface area contributed by atoms with E-state index in [1.54, 1.807) is 44.2 Å². The smallest absolute Gasteiger partial charge is 0.262 e. The number of carbonyl (C=O) groups is 1. The number of benzene rings is 2. The lowest BCUT2D eigenvalue weighted by Crippen LogP contribution is -2.31. The molecule has 0 heterocycles. The van der Waals surface area contributed by atoms with Crippen molar-refractivity contribution in [2.24, 2.45) is 0 Å². The molecule has 1 N–H and O–H groups in total. The maximum Gasteiger partial charge on any atom is 0.262 e. The number of rotatable bonds is 8. The molecule has 0 aliphatic carbocycles. The van der Waals surface area contributed by atoms with Crippen molar-refractivity contribution in [1.29, 1.82) is 0 Å². The minimum absolute atomic E-state index is 0.154. The molecule has 0 aliphatic rings. The second-order valence-corrected chi connectivity index (χ2v) is 8.61. The molecule has 0 saturated carbocycles. The minimum Gasteiger partial charge on any atom is -0.482 e. The van der Waals surface area contributed by atoms with Gasteiger partial charge in [0.2, 0.25) is 10.0 Å². The summed E-state index contributed by atoms with van der Waals surface area (Å²) < 4.78 is 32.5. The summed E-state index contributed by atoms with van der Waals surface area (Å²) in [7, 11) is -3.63. The Bertz CT molecular complexity index is 957. The van der Waals surface area contributed by atoms with Crippen molar-refractivity contribution in [3.8, 4) is 5.75 Å². The molecule has 2 aromatic carbocycles. The predicted molar refractivity (Wildman–Crippen MR) is 112 cm³/mol. The molecule has 0 bridgehead atoms. The number of sulfonamides is 1. The number of hydrogen-bond acceptors (Lipinski definition) is 4. The number of para-hydroxylation sites is 1. The first-order valence-electron chi connectivity index (χ1n) is 8.99. The van der Waals surface area contributed by atoms with Crippen LogP contribution in [0.15, 0.2) is 41.3 Å². The largest absolute Gasteiger partial charge is 0.482 e. The van der Waals surface area contributed by atoms with Gasteiger partial charge in [-0.05, 0) is 49.2 Å². The number of amides is 1. The highest BCUT2D eigenvalue weighted by Crippen LogP contribution is 2.27. The summed E-state index contributed by atoms with van der Waals surface area (Å²) in [6, 6.07) is 9.98. The Morgan fingerprint density at radius 3 is 2.39 bits per heavy atom. The number of halogens is 1. The highest BCUT2D eigenvalue weighted by Gasteiger charge is 2.23. The molecule has 0 fully saturated rings. The first-order valence-corrected chi connectivity index (χ1v) is 10.8. The van der Waals surface area contributed by atoms with E-state index in [0.29, 0.717) is 29.5 Å². The number of carbonyl (C=O) groups excluding carboxylic acids is 1. The molecule has 0 aliphatic heterocycles. The van der Waals surface area contributed by atoms with Crippen LogP contribution in [0.2, 0.25) is 5.02 Å². The van der Waals surface area contributed by atoms with Crippen LogP contribution in [0.1, 0.15) is 25.0 Å². The SMILES string of the molecule is CCN(CC)S(=O)(=O)c1cc(C)c(C)c(NC(=O)COc2ccccc2Cl)c1. The quantitative estimate of drug-likeness (QED) is 0.694. The number of anilines is 1. The van der Waals surface area contributed by atoms with Gasteiger partial charge in [-0.15, -0.1) is 0 Å². The predicted octanol–water partition coefficient (Wildman–Crippen LogP) is 4.00. The third kappa shape index (κ3) is 5.04. The summed E-state index contributed by atoms with van der Waals surface area (Å²) in [5.41, 5.74) is 2.01. The monoisotopic (exact) mass is 424 g/mol. The van der Waals surface area contributed by atoms with E-state index in [2.05, 4.69) is 5.32 Å². The lowest BCUT2D eigenvalue weighted by molar-refractivity contribution is -0.118. The molecule has 0 saturated heterocycles. The Labute approximate surface area is 171 Å². The second kappa shape index (κ2) is 9.41. The fraction of sp³-hybridized carbons (Fsp3) is 0.350. The Kier molecular flexibility index (Phi) is 7.46. The van der Waals surface area contributed by atoms with Gasteiger partial charge in [-0.1, -0.05) is 37.6 Å². The van der Waals surface area contributed by atoms with Gasteiger partial charge < -0.3 is 10.1 Å². The lowest BCUT2D eigenvalue weighted by atomic mass is 10.1. The van der Waals surface area contributed by atoms with Gasteiger partial charge in [0.1, 0.15) is 5.75 Å². The average molecular weight is 425 g/mol. The first-order chi connectivity index (χ1) is 13.2. The summed E-state index contributed by atoms with van der Waals surface area (Å²) in [5, 5.41) is 3.15. The molecule has 0 aromatic heterocycles. The first kappa shape index (κ1) is 22.2. The number of ether oxygens (including phenoxy) is 1. The molecule has 2 aromatic rings. The zero-order chi connectivity index (χ0) is 20.9. The van der Waals surface area contributed by atoms with Crippen molar-refractivity contribution >= 4 is 33.2 Å². The van der Waals surface area contributed by atoms with Crippen LogP contribution in [-0.4, -0.2) is 38.3 Å². The minimum atomic E-state index is -3.63. The van der Waals surface area contributed by atoms with Gasteiger partial charge in [-0.2, -0.15) is 4.31 Å². The summed E-state index contributed by atoms with van der Waals surface area (Å²) in [6.07, 6.45) is 0. The van der Waals surface area contributed by atoms with E-state index in [4.69, 9.17) is 16.3 Å². The third-order valence-electron chi connectivity index (χ3n) is 4.45. The lowest BCUT2D eigenvalue weighted by Gasteiger charge is -2.20. The number of hydrogen-bond donors (Lipinski definition) is 1. The van der Waals surface area contributed by atoms with Crippen LogP contribution >= 0.6 is 11.6 Å². The zero-order valence-corrected chi connectivity index (χ0v) is 18.0. The molecule has 28 heavy (non-hydrogen) atoms. The molecule has 0 spiro atoms. The van der Waals surface area contributed by atoms with Crippen LogP contribution in [0.3, 0.4) is 0 Å². The Hall–Kier alpha value is -2.09. The van der Waals surface area contributed by atoms with E-state index in [1.807, 2.05) is 13.8 Å². The Morgan fingerprint density at radius 1 is 1.14 bits per heavy atom. The Balaban J connectivity index is 2.22. The normalized spacial score (nSPS) is 11.5. The van der Waals surface area contributed by atoms with Crippen LogP contribution in [-0.2, 0) is 14.8 Å². The standard InChI is InChI=1S/C20H25ClN2O4S/c1-5-23(6-2)28(25,26)16-11-14(3)15(4)18(12-16)22-20(24)13-27-19-10-8-7-9-17(19)21/h7-12H,5-6,13H2,1-4H3,(H,22,24). The maximum atomic E-state index is 12.8. The molecule has 1 amide bonds. The molecule has 0 atom stereocenters. The highest BCUT2D eigenvalue weighted by molar-refractivity contribution is 7.89. The van der Waals surface area contributed by atoms with E-state index in [-0.39, 0.29) is 11.5 Å². The molecule has 8 heteroatoms. The fourth-order valence-electron chi connectivity index (χ4n) is 2.71. The van der Waals surface area contributed by atoms with E-state index in [9.17, 15) is 13.2 Å². The van der Waals surface area contributed by atoms with Gasteiger partial charge in [0.05, 0.1) is 9.92 Å². The van der Waals surface area contributed by atoms with Gasteiger partial charge in [0, 0.05) is 18.8 Å². The van der Waals surface area contributed by atoms with Gasteiger partial charge in [0.25, 0.3) is 5.91 Å². The summed E-state index contributed by atoms with van der Waals surface area (Å²) in [6.45, 7) is 7.72. The van der Waals surface area contributed by atoms with Crippen LogP contribution in [0, 0.1) is 13.8 Å². The second-order valence-electron chi connectivity index (χ2n) is 6.27. The molecule has 6 nitrogen and oxygen atoms in total. The average Bonchev–Trinajstić information content (AvgIpc) is 2.65. The van der Waals surface area contributed by atoms with Gasteiger partial charge >= 0.3 is 0 Å². The Morgan fingerprint density at radius 2 is 1.79 bits per heavy atom.